The molecule has 0 saturated heterocycles. The van der Waals surface area contributed by atoms with Crippen LogP contribution in [0.2, 0.25) is 0 Å². The van der Waals surface area contributed by atoms with Crippen molar-refractivity contribution in [3.05, 3.63) is 21.9 Å². The molecule has 0 aliphatic rings. The molecule has 0 spiro atoms. The zero-order chi connectivity index (χ0) is 11.3. The molecule has 1 rings (SSSR count). The summed E-state index contributed by atoms with van der Waals surface area (Å²) in [6.45, 7) is 3.01. The van der Waals surface area contributed by atoms with Crippen LogP contribution in [0.3, 0.4) is 0 Å². The van der Waals surface area contributed by atoms with Crippen LogP contribution in [0, 0.1) is 0 Å². The van der Waals surface area contributed by atoms with Crippen LogP contribution in [-0.4, -0.2) is 31.3 Å². The van der Waals surface area contributed by atoms with Crippen LogP contribution in [-0.2, 0) is 5.75 Å². The van der Waals surface area contributed by atoms with Crippen molar-refractivity contribution in [1.29, 1.82) is 0 Å². The fourth-order valence-corrected chi connectivity index (χ4v) is 3.26. The molecule has 0 bridgehead atoms. The molecule has 0 aliphatic carbocycles. The maximum Gasteiger partial charge on any atom is 0.0407 e. The van der Waals surface area contributed by atoms with E-state index in [1.54, 1.807) is 0 Å². The highest BCUT2D eigenvalue weighted by Gasteiger charge is 2.10. The molecule has 2 N–H and O–H groups in total. The quantitative estimate of drug-likeness (QED) is 0.780. The Morgan fingerprint density at radius 3 is 2.80 bits per heavy atom. The smallest absolute Gasteiger partial charge is 0.0407 e. The first-order valence-corrected chi connectivity index (χ1v) is 7.15. The summed E-state index contributed by atoms with van der Waals surface area (Å²) >= 11 is 3.83. The molecule has 15 heavy (non-hydrogen) atoms. The van der Waals surface area contributed by atoms with E-state index >= 15 is 0 Å². The second-order valence-electron chi connectivity index (χ2n) is 3.78. The zero-order valence-corrected chi connectivity index (χ0v) is 11.3. The van der Waals surface area contributed by atoms with Crippen molar-refractivity contribution in [3.8, 4) is 0 Å². The van der Waals surface area contributed by atoms with Crippen molar-refractivity contribution in [2.24, 2.45) is 5.73 Å². The van der Waals surface area contributed by atoms with Gasteiger partial charge < -0.3 is 10.6 Å². The predicted octanol–water partition coefficient (Wildman–Crippen LogP) is 2.56. The maximum atomic E-state index is 5.46. The van der Waals surface area contributed by atoms with E-state index in [4.69, 9.17) is 5.73 Å². The maximum absolute atomic E-state index is 5.46. The van der Waals surface area contributed by atoms with Gasteiger partial charge >= 0.3 is 0 Å². The van der Waals surface area contributed by atoms with Crippen LogP contribution < -0.4 is 5.73 Å². The average Bonchev–Trinajstić information content (AvgIpc) is 2.65. The Hall–Kier alpha value is -0.0300. The van der Waals surface area contributed by atoms with Crippen molar-refractivity contribution in [3.63, 3.8) is 0 Å². The molecule has 0 fully saturated rings. The van der Waals surface area contributed by atoms with Gasteiger partial charge in [0.2, 0.25) is 0 Å². The third-order valence-corrected chi connectivity index (χ3v) is 4.85. The molecule has 0 aromatic carbocycles. The van der Waals surface area contributed by atoms with Gasteiger partial charge in [-0.3, -0.25) is 0 Å². The second-order valence-corrected chi connectivity index (χ2v) is 6.09. The minimum absolute atomic E-state index is 0.517. The molecule has 1 aromatic heterocycles. The third kappa shape index (κ3) is 4.15. The highest BCUT2D eigenvalue weighted by Crippen LogP contribution is 2.28. The molecule has 1 heterocycles. The van der Waals surface area contributed by atoms with Crippen molar-refractivity contribution in [2.45, 2.75) is 18.7 Å². The minimum Gasteiger partial charge on any atom is -0.330 e. The molecule has 1 atom stereocenters. The van der Waals surface area contributed by atoms with Gasteiger partial charge in [-0.15, -0.1) is 11.3 Å². The first-order valence-electron chi connectivity index (χ1n) is 5.18. The van der Waals surface area contributed by atoms with Gasteiger partial charge in [-0.25, -0.2) is 0 Å². The van der Waals surface area contributed by atoms with Gasteiger partial charge in [-0.1, -0.05) is 0 Å². The lowest BCUT2D eigenvalue weighted by atomic mass is 10.2. The van der Waals surface area contributed by atoms with Gasteiger partial charge in [0.15, 0.2) is 0 Å². The van der Waals surface area contributed by atoms with Gasteiger partial charge in [0.05, 0.1) is 0 Å². The first kappa shape index (κ1) is 13.0. The summed E-state index contributed by atoms with van der Waals surface area (Å²) in [6, 6.07) is 5.00. The van der Waals surface area contributed by atoms with Crippen LogP contribution >= 0.6 is 23.1 Å². The van der Waals surface area contributed by atoms with E-state index in [1.807, 2.05) is 23.1 Å². The van der Waals surface area contributed by atoms with E-state index in [-0.39, 0.29) is 0 Å². The van der Waals surface area contributed by atoms with Gasteiger partial charge in [0, 0.05) is 33.8 Å². The van der Waals surface area contributed by atoms with Gasteiger partial charge in [0.25, 0.3) is 0 Å². The molecule has 2 nitrogen and oxygen atoms in total. The van der Waals surface area contributed by atoms with Gasteiger partial charge in [-0.2, -0.15) is 11.8 Å². The van der Waals surface area contributed by atoms with Crippen LogP contribution in [0.15, 0.2) is 12.1 Å². The molecule has 0 aliphatic heterocycles. The monoisotopic (exact) mass is 244 g/mol. The van der Waals surface area contributed by atoms with Gasteiger partial charge in [0.1, 0.15) is 0 Å². The highest BCUT2D eigenvalue weighted by atomic mass is 32.2. The Morgan fingerprint density at radius 1 is 1.47 bits per heavy atom. The topological polar surface area (TPSA) is 29.3 Å². The molecule has 0 radical (unpaired) electrons. The Bertz CT molecular complexity index is 284. The molecule has 0 amide bonds. The summed E-state index contributed by atoms with van der Waals surface area (Å²) in [7, 11) is 4.24. The van der Waals surface area contributed by atoms with E-state index in [1.165, 1.54) is 9.75 Å². The van der Waals surface area contributed by atoms with Crippen LogP contribution in [0.1, 0.15) is 22.7 Å². The third-order valence-electron chi connectivity index (χ3n) is 2.38. The van der Waals surface area contributed by atoms with Crippen LogP contribution in [0.25, 0.3) is 0 Å². The SMILES string of the molecule is CC(c1ccc(CSCCN)s1)N(C)C. The van der Waals surface area contributed by atoms with E-state index in [9.17, 15) is 0 Å². The summed E-state index contributed by atoms with van der Waals surface area (Å²) in [5.41, 5.74) is 5.46. The molecule has 4 heteroatoms. The number of hydrogen-bond donors (Lipinski definition) is 1. The lowest BCUT2D eigenvalue weighted by Gasteiger charge is -2.17. The number of thioether (sulfide) groups is 1. The van der Waals surface area contributed by atoms with Gasteiger partial charge in [-0.05, 0) is 33.2 Å². The van der Waals surface area contributed by atoms with E-state index in [0.717, 1.165) is 18.1 Å². The first-order chi connectivity index (χ1) is 7.15. The van der Waals surface area contributed by atoms with Crippen molar-refractivity contribution < 1.29 is 0 Å². The fraction of sp³-hybridized carbons (Fsp3) is 0.636. The lowest BCUT2D eigenvalue weighted by molar-refractivity contribution is 0.325. The predicted molar refractivity (Wildman–Crippen MR) is 71.6 cm³/mol. The number of rotatable bonds is 6. The molecule has 1 aromatic rings. The number of hydrogen-bond acceptors (Lipinski definition) is 4. The summed E-state index contributed by atoms with van der Waals surface area (Å²) in [6.07, 6.45) is 0. The lowest BCUT2D eigenvalue weighted by Crippen LogP contribution is -2.15. The van der Waals surface area contributed by atoms with Crippen LogP contribution in [0.5, 0.6) is 0 Å². The summed E-state index contributed by atoms with van der Waals surface area (Å²) in [4.78, 5) is 5.14. The average molecular weight is 244 g/mol. The Kier molecular flexibility index (Phi) is 5.68. The normalized spacial score (nSPS) is 13.4. The summed E-state index contributed by atoms with van der Waals surface area (Å²) < 4.78 is 0. The number of thiophene rings is 1. The minimum atomic E-state index is 0.517. The Balaban J connectivity index is 2.48. The molecular formula is C11H20N2S2. The summed E-state index contributed by atoms with van der Waals surface area (Å²) in [5, 5.41) is 0. The second kappa shape index (κ2) is 6.53. The molecular weight excluding hydrogens is 224 g/mol. The Labute approximate surface area is 101 Å². The molecule has 86 valence electrons. The highest BCUT2D eigenvalue weighted by molar-refractivity contribution is 7.98. The summed E-state index contributed by atoms with van der Waals surface area (Å²) in [5.74, 6) is 2.15. The zero-order valence-electron chi connectivity index (χ0n) is 9.69. The van der Waals surface area contributed by atoms with E-state index in [2.05, 4.69) is 38.1 Å². The van der Waals surface area contributed by atoms with Crippen molar-refractivity contribution in [2.75, 3.05) is 26.4 Å². The number of nitrogens with zero attached hydrogens (tertiary/aromatic N) is 1. The largest absolute Gasteiger partial charge is 0.330 e. The number of nitrogens with two attached hydrogens (primary N) is 1. The van der Waals surface area contributed by atoms with Crippen molar-refractivity contribution >= 4 is 23.1 Å². The standard InChI is InChI=1S/C11H20N2S2/c1-9(13(2)3)11-5-4-10(15-11)8-14-7-6-12/h4-5,9H,6-8,12H2,1-3H3. The van der Waals surface area contributed by atoms with E-state index in [0.29, 0.717) is 6.04 Å². The van der Waals surface area contributed by atoms with E-state index < -0.39 is 0 Å². The molecule has 0 saturated carbocycles. The molecule has 1 unspecified atom stereocenters. The Morgan fingerprint density at radius 2 is 2.20 bits per heavy atom. The van der Waals surface area contributed by atoms with Crippen LogP contribution in [0.4, 0.5) is 0 Å². The van der Waals surface area contributed by atoms with Crippen molar-refractivity contribution in [1.82, 2.24) is 4.90 Å². The fourth-order valence-electron chi connectivity index (χ4n) is 1.21.